The standard InChI is InChI=1S/C12H8BrCl2NO4S2/c1-20-9-5-10(21-11(9)13)22(18,19)16-12(17)7-3-2-6(14)4-8(7)15/h2-5H,1H3,(H,16,17). The number of methoxy groups -OCH3 is 1. The molecule has 1 amide bonds. The summed E-state index contributed by atoms with van der Waals surface area (Å²) in [5.41, 5.74) is 0.0113. The van der Waals surface area contributed by atoms with Crippen LogP contribution in [0, 0.1) is 0 Å². The number of thiophene rings is 1. The van der Waals surface area contributed by atoms with Crippen molar-refractivity contribution < 1.29 is 17.9 Å². The van der Waals surface area contributed by atoms with Gasteiger partial charge in [-0.1, -0.05) is 23.2 Å². The van der Waals surface area contributed by atoms with Gasteiger partial charge in [0.15, 0.2) is 0 Å². The van der Waals surface area contributed by atoms with Crippen molar-refractivity contribution in [3.8, 4) is 5.75 Å². The Labute approximate surface area is 149 Å². The SMILES string of the molecule is COc1cc(S(=O)(=O)NC(=O)c2ccc(Cl)cc2Cl)sc1Br. The van der Waals surface area contributed by atoms with Gasteiger partial charge in [-0.15, -0.1) is 11.3 Å². The molecule has 0 aliphatic rings. The summed E-state index contributed by atoms with van der Waals surface area (Å²) in [6.45, 7) is 0. The average Bonchev–Trinajstić information content (AvgIpc) is 2.80. The summed E-state index contributed by atoms with van der Waals surface area (Å²) in [5, 5.41) is 0.404. The first kappa shape index (κ1) is 17.6. The molecule has 1 N–H and O–H groups in total. The van der Waals surface area contributed by atoms with Crippen LogP contribution in [0.3, 0.4) is 0 Å². The summed E-state index contributed by atoms with van der Waals surface area (Å²) in [4.78, 5) is 12.1. The number of hydrogen-bond donors (Lipinski definition) is 1. The molecule has 0 saturated carbocycles. The molecule has 22 heavy (non-hydrogen) atoms. The molecule has 2 rings (SSSR count). The summed E-state index contributed by atoms with van der Waals surface area (Å²) in [7, 11) is -2.62. The first-order chi connectivity index (χ1) is 10.2. The second-order valence-electron chi connectivity index (χ2n) is 3.97. The molecule has 118 valence electrons. The number of sulfonamides is 1. The van der Waals surface area contributed by atoms with Crippen molar-refractivity contribution in [1.29, 1.82) is 0 Å². The molecule has 0 bridgehead atoms. The fourth-order valence-corrected chi connectivity index (χ4v) is 5.24. The Kier molecular flexibility index (Phi) is 5.39. The lowest BCUT2D eigenvalue weighted by Crippen LogP contribution is -2.30. The molecule has 0 spiro atoms. The zero-order valence-electron chi connectivity index (χ0n) is 10.9. The summed E-state index contributed by atoms with van der Waals surface area (Å²) >= 11 is 15.7. The third-order valence-corrected chi connectivity index (χ3v) is 6.65. The van der Waals surface area contributed by atoms with E-state index in [0.717, 1.165) is 11.3 Å². The van der Waals surface area contributed by atoms with Crippen molar-refractivity contribution in [2.45, 2.75) is 4.21 Å². The van der Waals surface area contributed by atoms with Gasteiger partial charge in [0.1, 0.15) is 13.7 Å². The Morgan fingerprint density at radius 2 is 2.00 bits per heavy atom. The predicted octanol–water partition coefficient (Wildman–Crippen LogP) is 3.94. The van der Waals surface area contributed by atoms with Gasteiger partial charge in [0, 0.05) is 11.1 Å². The molecule has 0 unspecified atom stereocenters. The maximum absolute atomic E-state index is 12.2. The number of carbonyl (C=O) groups excluding carboxylic acids is 1. The number of benzene rings is 1. The topological polar surface area (TPSA) is 72.5 Å². The van der Waals surface area contributed by atoms with Gasteiger partial charge in [-0.2, -0.15) is 0 Å². The van der Waals surface area contributed by atoms with Gasteiger partial charge in [0.2, 0.25) is 0 Å². The van der Waals surface area contributed by atoms with Crippen molar-refractivity contribution in [2.75, 3.05) is 7.11 Å². The molecule has 0 aliphatic carbocycles. The largest absolute Gasteiger partial charge is 0.495 e. The van der Waals surface area contributed by atoms with Crippen LogP contribution in [0.25, 0.3) is 0 Å². The molecule has 0 aliphatic heterocycles. The lowest BCUT2D eigenvalue weighted by atomic mass is 10.2. The van der Waals surface area contributed by atoms with Crippen LogP contribution in [-0.2, 0) is 10.0 Å². The van der Waals surface area contributed by atoms with E-state index in [1.165, 1.54) is 31.4 Å². The molecule has 5 nitrogen and oxygen atoms in total. The molecule has 0 fully saturated rings. The quantitative estimate of drug-likeness (QED) is 0.774. The molecule has 10 heteroatoms. The number of hydrogen-bond acceptors (Lipinski definition) is 5. The highest BCUT2D eigenvalue weighted by Crippen LogP contribution is 2.36. The van der Waals surface area contributed by atoms with Crippen LogP contribution >= 0.6 is 50.5 Å². The van der Waals surface area contributed by atoms with Crippen LogP contribution in [0.2, 0.25) is 10.0 Å². The van der Waals surface area contributed by atoms with Gasteiger partial charge >= 0.3 is 0 Å². The lowest BCUT2D eigenvalue weighted by Gasteiger charge is -2.06. The van der Waals surface area contributed by atoms with Gasteiger partial charge in [-0.05, 0) is 34.1 Å². The molecular weight excluding hydrogens is 437 g/mol. The maximum Gasteiger partial charge on any atom is 0.273 e. The van der Waals surface area contributed by atoms with Crippen molar-refractivity contribution in [3.63, 3.8) is 0 Å². The van der Waals surface area contributed by atoms with E-state index in [9.17, 15) is 13.2 Å². The molecule has 1 aromatic carbocycles. The van der Waals surface area contributed by atoms with Crippen molar-refractivity contribution in [1.82, 2.24) is 4.72 Å². The van der Waals surface area contributed by atoms with Crippen LogP contribution in [0.5, 0.6) is 5.75 Å². The van der Waals surface area contributed by atoms with Crippen molar-refractivity contribution in [2.24, 2.45) is 0 Å². The number of carbonyl (C=O) groups is 1. The average molecular weight is 445 g/mol. The molecule has 1 aromatic heterocycles. The molecule has 2 aromatic rings. The number of halogens is 3. The molecule has 0 radical (unpaired) electrons. The smallest absolute Gasteiger partial charge is 0.273 e. The van der Waals surface area contributed by atoms with Gasteiger partial charge in [-0.25, -0.2) is 13.1 Å². The minimum atomic E-state index is -4.03. The second-order valence-corrected chi connectivity index (χ2v) is 9.09. The lowest BCUT2D eigenvalue weighted by molar-refractivity contribution is 0.0981. The first-order valence-corrected chi connectivity index (χ1v) is 9.45. The van der Waals surface area contributed by atoms with Crippen LogP contribution < -0.4 is 9.46 Å². The molecule has 1 heterocycles. The molecule has 0 atom stereocenters. The first-order valence-electron chi connectivity index (χ1n) is 5.60. The van der Waals surface area contributed by atoms with Gasteiger partial charge in [-0.3, -0.25) is 4.79 Å². The Morgan fingerprint density at radius 3 is 2.55 bits per heavy atom. The summed E-state index contributed by atoms with van der Waals surface area (Å²) in [6, 6.07) is 5.46. The van der Waals surface area contributed by atoms with Crippen LogP contribution in [0.4, 0.5) is 0 Å². The zero-order valence-corrected chi connectivity index (χ0v) is 15.6. The Morgan fingerprint density at radius 1 is 1.32 bits per heavy atom. The van der Waals surface area contributed by atoms with E-state index in [1.54, 1.807) is 0 Å². The number of rotatable bonds is 4. The fourth-order valence-electron chi connectivity index (χ4n) is 1.50. The third kappa shape index (κ3) is 3.75. The van der Waals surface area contributed by atoms with E-state index in [2.05, 4.69) is 15.9 Å². The highest BCUT2D eigenvalue weighted by atomic mass is 79.9. The van der Waals surface area contributed by atoms with Crippen LogP contribution in [-0.4, -0.2) is 21.4 Å². The minimum Gasteiger partial charge on any atom is -0.495 e. The normalized spacial score (nSPS) is 11.3. The molecule has 0 saturated heterocycles. The maximum atomic E-state index is 12.2. The number of nitrogens with one attached hydrogen (secondary N) is 1. The van der Waals surface area contributed by atoms with Crippen molar-refractivity contribution >= 4 is 66.4 Å². The van der Waals surface area contributed by atoms with Gasteiger partial charge in [0.05, 0.1) is 17.7 Å². The van der Waals surface area contributed by atoms with E-state index in [4.69, 9.17) is 27.9 Å². The monoisotopic (exact) mass is 443 g/mol. The third-order valence-electron chi connectivity index (χ3n) is 2.52. The van der Waals surface area contributed by atoms with E-state index in [1.807, 2.05) is 4.72 Å². The van der Waals surface area contributed by atoms with E-state index in [0.29, 0.717) is 14.6 Å². The predicted molar refractivity (Wildman–Crippen MR) is 89.7 cm³/mol. The van der Waals surface area contributed by atoms with Crippen LogP contribution in [0.1, 0.15) is 10.4 Å². The van der Waals surface area contributed by atoms with E-state index < -0.39 is 15.9 Å². The zero-order chi connectivity index (χ0) is 16.5. The highest BCUT2D eigenvalue weighted by molar-refractivity contribution is 9.11. The Balaban J connectivity index is 2.29. The highest BCUT2D eigenvalue weighted by Gasteiger charge is 2.24. The van der Waals surface area contributed by atoms with Gasteiger partial charge in [0.25, 0.3) is 15.9 Å². The number of amides is 1. The number of ether oxygens (including phenoxy) is 1. The fraction of sp³-hybridized carbons (Fsp3) is 0.0833. The summed E-state index contributed by atoms with van der Waals surface area (Å²) in [5.74, 6) is -0.479. The summed E-state index contributed by atoms with van der Waals surface area (Å²) in [6.07, 6.45) is 0. The van der Waals surface area contributed by atoms with E-state index in [-0.39, 0.29) is 14.8 Å². The Bertz CT molecular complexity index is 836. The van der Waals surface area contributed by atoms with E-state index >= 15 is 0 Å². The van der Waals surface area contributed by atoms with Crippen molar-refractivity contribution in [3.05, 3.63) is 43.7 Å². The molecular formula is C12H8BrCl2NO4S2. The van der Waals surface area contributed by atoms with Gasteiger partial charge < -0.3 is 4.74 Å². The Hall–Kier alpha value is -0.800. The minimum absolute atomic E-state index is 0.0113. The second kappa shape index (κ2) is 6.76. The van der Waals surface area contributed by atoms with Crippen LogP contribution in [0.15, 0.2) is 32.3 Å². The summed E-state index contributed by atoms with van der Waals surface area (Å²) < 4.78 is 31.8.